The molecule has 0 atom stereocenters. The summed E-state index contributed by atoms with van der Waals surface area (Å²) in [6.07, 6.45) is -4.95. The molecule has 0 spiro atoms. The topological polar surface area (TPSA) is 34.1 Å². The average Bonchev–Trinajstić information content (AvgIpc) is 1.99. The summed E-state index contributed by atoms with van der Waals surface area (Å²) >= 11 is 0. The summed E-state index contributed by atoms with van der Waals surface area (Å²) in [5.74, 6) is -0.426. The zero-order valence-electron chi connectivity index (χ0n) is 9.89. The Bertz CT molecular complexity index is 305. The molecule has 0 N–H and O–H groups in total. The van der Waals surface area contributed by atoms with Gasteiger partial charge in [-0.3, -0.25) is 0 Å². The molecule has 0 saturated heterocycles. The minimum atomic E-state index is -4.27. The van der Waals surface area contributed by atoms with E-state index in [4.69, 9.17) is 0 Å². The quantitative estimate of drug-likeness (QED) is 0.735. The van der Waals surface area contributed by atoms with Crippen molar-refractivity contribution in [2.24, 2.45) is 5.41 Å². The summed E-state index contributed by atoms with van der Waals surface area (Å²) in [6, 6.07) is 0. The summed E-state index contributed by atoms with van der Waals surface area (Å²) < 4.78 is 58.6. The van der Waals surface area contributed by atoms with E-state index in [1.165, 1.54) is 0 Å². The summed E-state index contributed by atoms with van der Waals surface area (Å²) in [4.78, 5) is 0. The van der Waals surface area contributed by atoms with Gasteiger partial charge in [0.2, 0.25) is 0 Å². The lowest BCUT2D eigenvalue weighted by Crippen LogP contribution is -2.25. The van der Waals surface area contributed by atoms with Crippen LogP contribution in [0.15, 0.2) is 0 Å². The minimum Gasteiger partial charge on any atom is -0.229 e. The summed E-state index contributed by atoms with van der Waals surface area (Å²) in [6.45, 7) is 5.47. The van der Waals surface area contributed by atoms with Crippen LogP contribution in [0.25, 0.3) is 0 Å². The first-order valence-electron chi connectivity index (χ1n) is 5.25. The molecule has 0 aromatic carbocycles. The molecule has 0 rings (SSSR count). The molecule has 0 aliphatic heterocycles. The highest BCUT2D eigenvalue weighted by Crippen LogP contribution is 2.25. The molecule has 0 bridgehead atoms. The van der Waals surface area contributed by atoms with E-state index in [1.54, 1.807) is 13.8 Å². The number of hydrogen-bond donors (Lipinski definition) is 0. The van der Waals surface area contributed by atoms with Crippen molar-refractivity contribution in [1.29, 1.82) is 0 Å². The van der Waals surface area contributed by atoms with Crippen LogP contribution in [0.5, 0.6) is 0 Å². The number of sulfone groups is 1. The molecule has 98 valence electrons. The second kappa shape index (κ2) is 5.38. The van der Waals surface area contributed by atoms with Crippen molar-refractivity contribution in [3.8, 4) is 0 Å². The highest BCUT2D eigenvalue weighted by atomic mass is 32.2. The highest BCUT2D eigenvalue weighted by molar-refractivity contribution is 7.91. The Hall–Kier alpha value is -0.260. The van der Waals surface area contributed by atoms with E-state index < -0.39 is 22.4 Å². The lowest BCUT2D eigenvalue weighted by molar-refractivity contribution is -0.134. The third kappa shape index (κ3) is 7.96. The van der Waals surface area contributed by atoms with Crippen LogP contribution in [-0.2, 0) is 9.84 Å². The molecule has 0 radical (unpaired) electrons. The normalized spacial score (nSPS) is 14.1. The molecule has 0 aromatic rings. The van der Waals surface area contributed by atoms with E-state index >= 15 is 0 Å². The van der Waals surface area contributed by atoms with Gasteiger partial charge in [-0.1, -0.05) is 27.2 Å². The largest absolute Gasteiger partial charge is 0.389 e. The fourth-order valence-electron chi connectivity index (χ4n) is 1.26. The van der Waals surface area contributed by atoms with Crippen molar-refractivity contribution >= 4 is 9.84 Å². The van der Waals surface area contributed by atoms with E-state index in [0.29, 0.717) is 6.42 Å². The maximum Gasteiger partial charge on any atom is 0.389 e. The smallest absolute Gasteiger partial charge is 0.229 e. The van der Waals surface area contributed by atoms with Crippen molar-refractivity contribution in [3.63, 3.8) is 0 Å². The Balaban J connectivity index is 4.18. The van der Waals surface area contributed by atoms with Crippen molar-refractivity contribution in [1.82, 2.24) is 0 Å². The van der Waals surface area contributed by atoms with Crippen LogP contribution >= 0.6 is 0 Å². The molecule has 0 aromatic heterocycles. The second-order valence-electron chi connectivity index (χ2n) is 4.83. The molecule has 0 amide bonds. The van der Waals surface area contributed by atoms with Crippen molar-refractivity contribution in [2.45, 2.75) is 46.2 Å². The van der Waals surface area contributed by atoms with Gasteiger partial charge in [-0.2, -0.15) is 13.2 Å². The molecule has 0 saturated carbocycles. The van der Waals surface area contributed by atoms with Crippen LogP contribution in [0.3, 0.4) is 0 Å². The van der Waals surface area contributed by atoms with Crippen LogP contribution in [0.2, 0.25) is 0 Å². The van der Waals surface area contributed by atoms with E-state index in [0.717, 1.165) is 0 Å². The Morgan fingerprint density at radius 1 is 1.12 bits per heavy atom. The maximum absolute atomic E-state index is 11.8. The van der Waals surface area contributed by atoms with E-state index in [2.05, 4.69) is 0 Å². The fraction of sp³-hybridized carbons (Fsp3) is 1.00. The Kier molecular flexibility index (Phi) is 5.29. The molecule has 0 aliphatic carbocycles. The second-order valence-corrected chi connectivity index (χ2v) is 7.01. The summed E-state index contributed by atoms with van der Waals surface area (Å²) in [7, 11) is -3.37. The molecule has 0 unspecified atom stereocenters. The first-order valence-corrected chi connectivity index (χ1v) is 7.07. The molecule has 0 aliphatic rings. The molecule has 6 heteroatoms. The third-order valence-corrected chi connectivity index (χ3v) is 4.62. The monoisotopic (exact) mass is 260 g/mol. The minimum absolute atomic E-state index is 0.0473. The van der Waals surface area contributed by atoms with Crippen molar-refractivity contribution in [2.75, 3.05) is 11.5 Å². The maximum atomic E-state index is 11.8. The van der Waals surface area contributed by atoms with Crippen LogP contribution < -0.4 is 0 Å². The first kappa shape index (κ1) is 15.7. The van der Waals surface area contributed by atoms with Gasteiger partial charge in [-0.25, -0.2) is 8.42 Å². The van der Waals surface area contributed by atoms with E-state index in [9.17, 15) is 21.6 Å². The van der Waals surface area contributed by atoms with Gasteiger partial charge in [0.1, 0.15) is 0 Å². The fourth-order valence-corrected chi connectivity index (χ4v) is 3.39. The van der Waals surface area contributed by atoms with Gasteiger partial charge < -0.3 is 0 Å². The summed E-state index contributed by atoms with van der Waals surface area (Å²) in [5, 5.41) is 0. The van der Waals surface area contributed by atoms with Gasteiger partial charge >= 0.3 is 6.18 Å². The van der Waals surface area contributed by atoms with Crippen LogP contribution in [0.1, 0.15) is 40.0 Å². The average molecular weight is 260 g/mol. The molecule has 16 heavy (non-hydrogen) atoms. The Morgan fingerprint density at radius 2 is 1.62 bits per heavy atom. The molecule has 2 nitrogen and oxygen atoms in total. The van der Waals surface area contributed by atoms with Gasteiger partial charge in [-0.15, -0.1) is 0 Å². The zero-order chi connectivity index (χ0) is 13.0. The number of halogens is 3. The van der Waals surface area contributed by atoms with Gasteiger partial charge in [0.05, 0.1) is 11.5 Å². The van der Waals surface area contributed by atoms with Crippen LogP contribution in [-0.4, -0.2) is 26.1 Å². The van der Waals surface area contributed by atoms with Gasteiger partial charge in [0.25, 0.3) is 0 Å². The number of alkyl halides is 3. The van der Waals surface area contributed by atoms with Crippen LogP contribution in [0.4, 0.5) is 13.2 Å². The predicted octanol–water partition coefficient (Wildman–Crippen LogP) is 3.18. The number of rotatable bonds is 6. The van der Waals surface area contributed by atoms with Crippen LogP contribution in [0, 0.1) is 5.41 Å². The summed E-state index contributed by atoms with van der Waals surface area (Å²) in [5.41, 5.74) is -0.364. The van der Waals surface area contributed by atoms with Gasteiger partial charge in [0, 0.05) is 6.42 Å². The number of hydrogen-bond acceptors (Lipinski definition) is 2. The standard InChI is InChI=1S/C10H19F3O2S/c1-4-9(2,3)8-16(14,15)7-5-6-10(11,12)13/h4-8H2,1-3H3. The zero-order valence-corrected chi connectivity index (χ0v) is 10.7. The lowest BCUT2D eigenvalue weighted by Gasteiger charge is -2.22. The van der Waals surface area contributed by atoms with Crippen molar-refractivity contribution < 1.29 is 21.6 Å². The molecular formula is C10H19F3O2S. The van der Waals surface area contributed by atoms with E-state index in [-0.39, 0.29) is 23.3 Å². The Morgan fingerprint density at radius 3 is 2.00 bits per heavy atom. The highest BCUT2D eigenvalue weighted by Gasteiger charge is 2.29. The SMILES string of the molecule is CCC(C)(C)CS(=O)(=O)CCCC(F)(F)F. The van der Waals surface area contributed by atoms with Gasteiger partial charge in [-0.05, 0) is 11.8 Å². The van der Waals surface area contributed by atoms with Crippen molar-refractivity contribution in [3.05, 3.63) is 0 Å². The third-order valence-electron chi connectivity index (χ3n) is 2.48. The molecule has 0 heterocycles. The predicted molar refractivity (Wildman–Crippen MR) is 58.0 cm³/mol. The van der Waals surface area contributed by atoms with Gasteiger partial charge in [0.15, 0.2) is 9.84 Å². The molecular weight excluding hydrogens is 241 g/mol. The van der Waals surface area contributed by atoms with E-state index in [1.807, 2.05) is 6.92 Å². The Labute approximate surface area is 95.1 Å². The lowest BCUT2D eigenvalue weighted by atomic mass is 9.93. The molecule has 0 fully saturated rings. The first-order chi connectivity index (χ1) is 6.97.